The van der Waals surface area contributed by atoms with E-state index in [2.05, 4.69) is 12.2 Å². The van der Waals surface area contributed by atoms with E-state index in [9.17, 15) is 14.0 Å². The van der Waals surface area contributed by atoms with Crippen LogP contribution in [0.3, 0.4) is 0 Å². The number of aryl methyl sites for hydroxylation is 1. The molecule has 1 aliphatic rings. The first-order valence-electron chi connectivity index (χ1n) is 8.24. The van der Waals surface area contributed by atoms with E-state index >= 15 is 0 Å². The van der Waals surface area contributed by atoms with Gasteiger partial charge in [0, 0.05) is 12.5 Å². The van der Waals surface area contributed by atoms with Crippen LogP contribution >= 0.6 is 0 Å². The largest absolute Gasteiger partial charge is 0.456 e. The van der Waals surface area contributed by atoms with Crippen LogP contribution in [0.4, 0.5) is 4.39 Å². The van der Waals surface area contributed by atoms with Crippen molar-refractivity contribution in [1.82, 2.24) is 5.32 Å². The Balaban J connectivity index is 1.65. The summed E-state index contributed by atoms with van der Waals surface area (Å²) in [5.74, 6) is -0.480. The predicted octanol–water partition coefficient (Wildman–Crippen LogP) is 3.00. The molecule has 0 unspecified atom stereocenters. The summed E-state index contributed by atoms with van der Waals surface area (Å²) in [6.45, 7) is 1.91. The quantitative estimate of drug-likeness (QED) is 0.820. The highest BCUT2D eigenvalue weighted by Crippen LogP contribution is 2.23. The van der Waals surface area contributed by atoms with Gasteiger partial charge in [-0.05, 0) is 42.9 Å². The third-order valence-electron chi connectivity index (χ3n) is 4.35. The Morgan fingerprint density at radius 2 is 1.91 bits per heavy atom. The molecule has 1 saturated carbocycles. The van der Waals surface area contributed by atoms with Gasteiger partial charge in [0.25, 0.3) is 5.91 Å². The van der Waals surface area contributed by atoms with Crippen molar-refractivity contribution >= 4 is 11.9 Å². The van der Waals surface area contributed by atoms with E-state index in [4.69, 9.17) is 4.74 Å². The van der Waals surface area contributed by atoms with Crippen LogP contribution in [-0.4, -0.2) is 24.5 Å². The zero-order chi connectivity index (χ0) is 16.7. The summed E-state index contributed by atoms with van der Waals surface area (Å²) in [4.78, 5) is 23.5. The van der Waals surface area contributed by atoms with E-state index in [0.29, 0.717) is 12.3 Å². The van der Waals surface area contributed by atoms with E-state index in [0.717, 1.165) is 24.8 Å². The highest BCUT2D eigenvalue weighted by Gasteiger charge is 2.23. The van der Waals surface area contributed by atoms with Gasteiger partial charge in [-0.15, -0.1) is 0 Å². The zero-order valence-corrected chi connectivity index (χ0v) is 13.5. The van der Waals surface area contributed by atoms with Gasteiger partial charge in [0.05, 0.1) is 0 Å². The van der Waals surface area contributed by atoms with Crippen molar-refractivity contribution in [3.63, 3.8) is 0 Å². The number of rotatable bonds is 6. The summed E-state index contributed by atoms with van der Waals surface area (Å²) in [5.41, 5.74) is 0.865. The van der Waals surface area contributed by atoms with Gasteiger partial charge in [0.1, 0.15) is 5.82 Å². The van der Waals surface area contributed by atoms with Gasteiger partial charge in [-0.3, -0.25) is 9.59 Å². The average molecular weight is 321 g/mol. The molecule has 2 rings (SSSR count). The fraction of sp³-hybridized carbons (Fsp3) is 0.556. The van der Waals surface area contributed by atoms with Crippen LogP contribution in [0.2, 0.25) is 0 Å². The number of amides is 1. The SMILES string of the molecule is C[C@@H]1CCCC[C@H]1NC(=O)COC(=O)CCc1ccc(F)cc1. The fourth-order valence-corrected chi connectivity index (χ4v) is 2.89. The van der Waals surface area contributed by atoms with Crippen LogP contribution in [0.25, 0.3) is 0 Å². The number of halogens is 1. The lowest BCUT2D eigenvalue weighted by atomic mass is 9.86. The molecule has 1 fully saturated rings. The maximum atomic E-state index is 12.8. The Morgan fingerprint density at radius 3 is 2.61 bits per heavy atom. The number of hydrogen-bond acceptors (Lipinski definition) is 3. The van der Waals surface area contributed by atoms with Crippen molar-refractivity contribution in [2.45, 2.75) is 51.5 Å². The minimum absolute atomic E-state index is 0.179. The number of benzene rings is 1. The van der Waals surface area contributed by atoms with E-state index < -0.39 is 5.97 Å². The second-order valence-electron chi connectivity index (χ2n) is 6.22. The molecule has 5 heteroatoms. The topological polar surface area (TPSA) is 55.4 Å². The number of carbonyl (C=O) groups excluding carboxylic acids is 2. The Morgan fingerprint density at radius 1 is 1.22 bits per heavy atom. The minimum Gasteiger partial charge on any atom is -0.456 e. The molecule has 1 aliphatic carbocycles. The second kappa shape index (κ2) is 8.65. The molecule has 1 aromatic carbocycles. The maximum Gasteiger partial charge on any atom is 0.306 e. The number of ether oxygens (including phenoxy) is 1. The van der Waals surface area contributed by atoms with Gasteiger partial charge < -0.3 is 10.1 Å². The molecule has 1 N–H and O–H groups in total. The number of esters is 1. The van der Waals surface area contributed by atoms with Crippen LogP contribution < -0.4 is 5.32 Å². The molecular formula is C18H24FNO3. The second-order valence-corrected chi connectivity index (χ2v) is 6.22. The summed E-state index contributed by atoms with van der Waals surface area (Å²) >= 11 is 0. The molecule has 0 bridgehead atoms. The van der Waals surface area contributed by atoms with E-state index in [-0.39, 0.29) is 30.8 Å². The molecule has 0 aliphatic heterocycles. The van der Waals surface area contributed by atoms with Crippen molar-refractivity contribution < 1.29 is 18.7 Å². The standard InChI is InChI=1S/C18H24FNO3/c1-13-4-2-3-5-16(13)20-17(21)12-23-18(22)11-8-14-6-9-15(19)10-7-14/h6-7,9-10,13,16H,2-5,8,11-12H2,1H3,(H,20,21)/t13-,16-/m1/s1. The van der Waals surface area contributed by atoms with E-state index in [1.165, 1.54) is 18.6 Å². The number of nitrogens with one attached hydrogen (secondary N) is 1. The third-order valence-corrected chi connectivity index (χ3v) is 4.35. The fourth-order valence-electron chi connectivity index (χ4n) is 2.89. The molecule has 1 amide bonds. The van der Waals surface area contributed by atoms with Gasteiger partial charge in [-0.2, -0.15) is 0 Å². The molecule has 4 nitrogen and oxygen atoms in total. The third kappa shape index (κ3) is 6.00. The molecule has 0 saturated heterocycles. The Bertz CT molecular complexity index is 530. The number of hydrogen-bond donors (Lipinski definition) is 1. The smallest absolute Gasteiger partial charge is 0.306 e. The predicted molar refractivity (Wildman–Crippen MR) is 85.2 cm³/mol. The lowest BCUT2D eigenvalue weighted by Gasteiger charge is -2.29. The van der Waals surface area contributed by atoms with Crippen LogP contribution in [0.15, 0.2) is 24.3 Å². The average Bonchev–Trinajstić information content (AvgIpc) is 2.54. The van der Waals surface area contributed by atoms with Crippen molar-refractivity contribution in [3.05, 3.63) is 35.6 Å². The molecule has 1 aromatic rings. The van der Waals surface area contributed by atoms with Gasteiger partial charge in [0.15, 0.2) is 6.61 Å². The highest BCUT2D eigenvalue weighted by atomic mass is 19.1. The first-order chi connectivity index (χ1) is 11.0. The molecule has 0 heterocycles. The zero-order valence-electron chi connectivity index (χ0n) is 13.5. The van der Waals surface area contributed by atoms with Gasteiger partial charge >= 0.3 is 5.97 Å². The molecule has 23 heavy (non-hydrogen) atoms. The number of carbonyl (C=O) groups is 2. The normalized spacial score (nSPS) is 20.8. The molecule has 0 radical (unpaired) electrons. The van der Waals surface area contributed by atoms with Crippen LogP contribution in [-0.2, 0) is 20.7 Å². The van der Waals surface area contributed by atoms with Crippen LogP contribution in [0, 0.1) is 11.7 Å². The van der Waals surface area contributed by atoms with Gasteiger partial charge in [-0.25, -0.2) is 4.39 Å². The van der Waals surface area contributed by atoms with Crippen LogP contribution in [0.1, 0.15) is 44.6 Å². The summed E-state index contributed by atoms with van der Waals surface area (Å²) in [6.07, 6.45) is 5.12. The highest BCUT2D eigenvalue weighted by molar-refractivity contribution is 5.80. The summed E-state index contributed by atoms with van der Waals surface area (Å²) in [6, 6.07) is 6.19. The molecule has 126 valence electrons. The lowest BCUT2D eigenvalue weighted by molar-refractivity contribution is -0.148. The molecular weight excluding hydrogens is 297 g/mol. The lowest BCUT2D eigenvalue weighted by Crippen LogP contribution is -2.42. The Labute approximate surface area is 136 Å². The summed E-state index contributed by atoms with van der Waals surface area (Å²) in [5, 5.41) is 2.95. The maximum absolute atomic E-state index is 12.8. The van der Waals surface area contributed by atoms with Crippen molar-refractivity contribution in [1.29, 1.82) is 0 Å². The monoisotopic (exact) mass is 321 g/mol. The Kier molecular flexibility index (Phi) is 6.56. The minimum atomic E-state index is -0.416. The van der Waals surface area contributed by atoms with Crippen LogP contribution in [0.5, 0.6) is 0 Å². The van der Waals surface area contributed by atoms with E-state index in [1.54, 1.807) is 12.1 Å². The molecule has 0 aromatic heterocycles. The van der Waals surface area contributed by atoms with Gasteiger partial charge in [0.2, 0.25) is 0 Å². The van der Waals surface area contributed by atoms with E-state index in [1.807, 2.05) is 0 Å². The molecule has 2 atom stereocenters. The summed E-state index contributed by atoms with van der Waals surface area (Å²) < 4.78 is 17.8. The van der Waals surface area contributed by atoms with Gasteiger partial charge in [-0.1, -0.05) is 31.9 Å². The van der Waals surface area contributed by atoms with Crippen molar-refractivity contribution in [3.8, 4) is 0 Å². The van der Waals surface area contributed by atoms with Crippen molar-refractivity contribution in [2.24, 2.45) is 5.92 Å². The first kappa shape index (κ1) is 17.4. The Hall–Kier alpha value is -1.91. The van der Waals surface area contributed by atoms with Crippen molar-refractivity contribution in [2.75, 3.05) is 6.61 Å². The molecule has 0 spiro atoms. The first-order valence-corrected chi connectivity index (χ1v) is 8.24. The summed E-state index contributed by atoms with van der Waals surface area (Å²) in [7, 11) is 0.